The average molecular weight is 393 g/mol. The summed E-state index contributed by atoms with van der Waals surface area (Å²) in [6.45, 7) is 1.92. The highest BCUT2D eigenvalue weighted by Crippen LogP contribution is 2.37. The zero-order valence-electron chi connectivity index (χ0n) is 16.1. The number of esters is 1. The van der Waals surface area contributed by atoms with Crippen molar-refractivity contribution < 1.29 is 14.5 Å². The molecule has 2 aromatic carbocycles. The Morgan fingerprint density at radius 2 is 1.93 bits per heavy atom. The van der Waals surface area contributed by atoms with Gasteiger partial charge in [-0.3, -0.25) is 10.1 Å². The summed E-state index contributed by atoms with van der Waals surface area (Å²) in [5, 5.41) is 14.9. The summed E-state index contributed by atoms with van der Waals surface area (Å²) < 4.78 is 4.81. The molecule has 1 N–H and O–H groups in total. The first-order chi connectivity index (χ1) is 13.9. The molecule has 9 heteroatoms. The number of para-hydroxylation sites is 1. The third-order valence-electron chi connectivity index (χ3n) is 4.25. The zero-order valence-corrected chi connectivity index (χ0v) is 16.1. The number of aryl methyl sites for hydroxylation is 1. The Morgan fingerprint density at radius 3 is 2.62 bits per heavy atom. The summed E-state index contributed by atoms with van der Waals surface area (Å²) in [6.07, 6.45) is 1.23. The van der Waals surface area contributed by atoms with Crippen LogP contribution < -0.4 is 10.2 Å². The summed E-state index contributed by atoms with van der Waals surface area (Å²) in [5.41, 5.74) is 2.03. The molecule has 0 fully saturated rings. The van der Waals surface area contributed by atoms with E-state index < -0.39 is 10.9 Å². The van der Waals surface area contributed by atoms with E-state index in [1.54, 1.807) is 37.4 Å². The Kier molecular flexibility index (Phi) is 5.68. The fourth-order valence-electron chi connectivity index (χ4n) is 2.90. The molecule has 1 aromatic heterocycles. The van der Waals surface area contributed by atoms with Gasteiger partial charge in [-0.05, 0) is 36.8 Å². The Labute approximate surface area is 167 Å². The van der Waals surface area contributed by atoms with Gasteiger partial charge < -0.3 is 15.0 Å². The van der Waals surface area contributed by atoms with E-state index >= 15 is 0 Å². The highest BCUT2D eigenvalue weighted by Gasteiger charge is 2.28. The van der Waals surface area contributed by atoms with E-state index in [-0.39, 0.29) is 22.9 Å². The van der Waals surface area contributed by atoms with Crippen molar-refractivity contribution in [2.45, 2.75) is 6.92 Å². The molecule has 0 aliphatic heterocycles. The summed E-state index contributed by atoms with van der Waals surface area (Å²) in [7, 11) is 2.86. The van der Waals surface area contributed by atoms with E-state index in [2.05, 4.69) is 15.3 Å². The van der Waals surface area contributed by atoms with Gasteiger partial charge in [0.1, 0.15) is 6.33 Å². The number of nitrogens with one attached hydrogen (secondary N) is 1. The number of anilines is 4. The zero-order chi connectivity index (χ0) is 21.0. The Hall–Kier alpha value is -4.01. The first-order valence-electron chi connectivity index (χ1n) is 8.66. The van der Waals surface area contributed by atoms with Crippen molar-refractivity contribution in [3.63, 3.8) is 0 Å². The lowest BCUT2D eigenvalue weighted by Crippen LogP contribution is -2.18. The summed E-state index contributed by atoms with van der Waals surface area (Å²) in [6, 6.07) is 14.0. The minimum absolute atomic E-state index is 0.0384. The van der Waals surface area contributed by atoms with Gasteiger partial charge >= 0.3 is 11.7 Å². The molecule has 0 aliphatic rings. The minimum Gasteiger partial charge on any atom is -0.465 e. The average Bonchev–Trinajstić information content (AvgIpc) is 2.72. The molecular formula is C20H19N5O4. The van der Waals surface area contributed by atoms with Crippen molar-refractivity contribution in [3.8, 4) is 0 Å². The van der Waals surface area contributed by atoms with Crippen LogP contribution in [0.3, 0.4) is 0 Å². The van der Waals surface area contributed by atoms with Crippen LogP contribution in [0.15, 0.2) is 54.9 Å². The quantitative estimate of drug-likeness (QED) is 0.380. The van der Waals surface area contributed by atoms with E-state index in [9.17, 15) is 14.9 Å². The molecule has 148 valence electrons. The molecule has 0 spiro atoms. The second-order valence-electron chi connectivity index (χ2n) is 6.21. The summed E-state index contributed by atoms with van der Waals surface area (Å²) in [5.74, 6) is -0.466. The van der Waals surface area contributed by atoms with Gasteiger partial charge in [-0.15, -0.1) is 0 Å². The molecule has 3 rings (SSSR count). The maximum Gasteiger partial charge on any atom is 0.354 e. The van der Waals surface area contributed by atoms with E-state index in [0.717, 1.165) is 5.56 Å². The largest absolute Gasteiger partial charge is 0.465 e. The van der Waals surface area contributed by atoms with Gasteiger partial charge in [-0.1, -0.05) is 24.3 Å². The Morgan fingerprint density at radius 1 is 1.17 bits per heavy atom. The molecule has 9 nitrogen and oxygen atoms in total. The highest BCUT2D eigenvalue weighted by molar-refractivity contribution is 5.97. The first-order valence-corrected chi connectivity index (χ1v) is 8.66. The van der Waals surface area contributed by atoms with Crippen molar-refractivity contribution in [2.75, 3.05) is 24.4 Å². The molecule has 0 atom stereocenters. The van der Waals surface area contributed by atoms with E-state index in [0.29, 0.717) is 11.4 Å². The number of ether oxygens (including phenoxy) is 1. The number of carbonyl (C=O) groups excluding carboxylic acids is 1. The summed E-state index contributed by atoms with van der Waals surface area (Å²) >= 11 is 0. The van der Waals surface area contributed by atoms with Crippen LogP contribution in [0, 0.1) is 17.0 Å². The topological polar surface area (TPSA) is 110 Å². The number of benzene rings is 2. The second-order valence-corrected chi connectivity index (χ2v) is 6.21. The monoisotopic (exact) mass is 393 g/mol. The van der Waals surface area contributed by atoms with E-state index in [1.807, 2.05) is 25.1 Å². The molecule has 0 amide bonds. The molecule has 0 radical (unpaired) electrons. The number of hydrogen-bond donors (Lipinski definition) is 1. The highest BCUT2D eigenvalue weighted by atomic mass is 16.6. The van der Waals surface area contributed by atoms with Crippen molar-refractivity contribution in [1.82, 2.24) is 9.97 Å². The number of methoxy groups -OCH3 is 1. The Balaban J connectivity index is 2.09. The standard InChI is InChI=1S/C20H19N5O4/c1-13-7-6-8-14(11-13)23-18-17(25(27)28)19(22-12-21-18)24(2)16-10-5-4-9-15(16)20(26)29-3/h4-12H,1-3H3,(H,21,22,23). The number of rotatable bonds is 6. The molecule has 3 aromatic rings. The van der Waals surface area contributed by atoms with Crippen LogP contribution >= 0.6 is 0 Å². The number of carbonyl (C=O) groups is 1. The van der Waals surface area contributed by atoms with Gasteiger partial charge in [0, 0.05) is 12.7 Å². The molecular weight excluding hydrogens is 374 g/mol. The molecule has 0 saturated heterocycles. The molecule has 1 heterocycles. The maximum atomic E-state index is 12.1. The predicted octanol–water partition coefficient (Wildman–Crippen LogP) is 3.99. The van der Waals surface area contributed by atoms with Gasteiger partial charge in [0.15, 0.2) is 0 Å². The van der Waals surface area contributed by atoms with Crippen LogP contribution in [-0.4, -0.2) is 35.0 Å². The van der Waals surface area contributed by atoms with Gasteiger partial charge in [-0.2, -0.15) is 0 Å². The van der Waals surface area contributed by atoms with Crippen LogP contribution in [-0.2, 0) is 4.74 Å². The number of hydrogen-bond acceptors (Lipinski definition) is 8. The van der Waals surface area contributed by atoms with Crippen LogP contribution in [0.1, 0.15) is 15.9 Å². The fraction of sp³-hybridized carbons (Fsp3) is 0.150. The normalized spacial score (nSPS) is 10.3. The molecule has 0 bridgehead atoms. The third-order valence-corrected chi connectivity index (χ3v) is 4.25. The number of nitro groups is 1. The van der Waals surface area contributed by atoms with Gasteiger partial charge in [0.2, 0.25) is 11.6 Å². The van der Waals surface area contributed by atoms with Crippen LogP contribution in [0.4, 0.5) is 28.7 Å². The fourth-order valence-corrected chi connectivity index (χ4v) is 2.90. The van der Waals surface area contributed by atoms with E-state index in [1.165, 1.54) is 18.3 Å². The van der Waals surface area contributed by atoms with Crippen molar-refractivity contribution in [3.05, 3.63) is 76.1 Å². The Bertz CT molecular complexity index is 1070. The van der Waals surface area contributed by atoms with Gasteiger partial charge in [0.25, 0.3) is 0 Å². The SMILES string of the molecule is COC(=O)c1ccccc1N(C)c1ncnc(Nc2cccc(C)c2)c1[N+](=O)[O-]. The predicted molar refractivity (Wildman–Crippen MR) is 109 cm³/mol. The summed E-state index contributed by atoms with van der Waals surface area (Å²) in [4.78, 5) is 33.1. The smallest absolute Gasteiger partial charge is 0.354 e. The number of nitrogens with zero attached hydrogens (tertiary/aromatic N) is 4. The first kappa shape index (κ1) is 19.7. The molecule has 0 unspecified atom stereocenters. The lowest BCUT2D eigenvalue weighted by atomic mass is 10.1. The molecule has 0 saturated carbocycles. The molecule has 29 heavy (non-hydrogen) atoms. The minimum atomic E-state index is -0.553. The van der Waals surface area contributed by atoms with Crippen molar-refractivity contribution in [1.29, 1.82) is 0 Å². The van der Waals surface area contributed by atoms with Crippen LogP contribution in [0.2, 0.25) is 0 Å². The third kappa shape index (κ3) is 4.13. The van der Waals surface area contributed by atoms with Crippen molar-refractivity contribution >= 4 is 34.7 Å². The second kappa shape index (κ2) is 8.34. The maximum absolute atomic E-state index is 12.1. The van der Waals surface area contributed by atoms with Gasteiger partial charge in [-0.25, -0.2) is 14.8 Å². The van der Waals surface area contributed by atoms with E-state index in [4.69, 9.17) is 4.74 Å². The van der Waals surface area contributed by atoms with Crippen molar-refractivity contribution in [2.24, 2.45) is 0 Å². The lowest BCUT2D eigenvalue weighted by molar-refractivity contribution is -0.383. The van der Waals surface area contributed by atoms with Crippen LogP contribution in [0.25, 0.3) is 0 Å². The molecule has 0 aliphatic carbocycles. The number of aromatic nitrogens is 2. The lowest BCUT2D eigenvalue weighted by Gasteiger charge is -2.21. The van der Waals surface area contributed by atoms with Gasteiger partial charge in [0.05, 0.1) is 23.3 Å². The van der Waals surface area contributed by atoms with Crippen LogP contribution in [0.5, 0.6) is 0 Å².